The van der Waals surface area contributed by atoms with E-state index in [1.807, 2.05) is 7.05 Å². The lowest BCUT2D eigenvalue weighted by atomic mass is 10.0. The number of carbonyl (C=O) groups excluding carboxylic acids is 1. The predicted octanol–water partition coefficient (Wildman–Crippen LogP) is -0.848. The summed E-state index contributed by atoms with van der Waals surface area (Å²) in [6.45, 7) is 2.10. The van der Waals surface area contributed by atoms with Gasteiger partial charge in [-0.25, -0.2) is 0 Å². The zero-order valence-electron chi connectivity index (χ0n) is 7.38. The Morgan fingerprint density at radius 3 is 3.25 bits per heavy atom. The van der Waals surface area contributed by atoms with Crippen molar-refractivity contribution in [3.05, 3.63) is 0 Å². The second-order valence-corrected chi connectivity index (χ2v) is 2.93. The number of likely N-dealkylation sites (N-methyl/N-ethyl adjacent to an activating group) is 1. The average molecular weight is 172 g/mol. The van der Waals surface area contributed by atoms with E-state index in [1.54, 1.807) is 0 Å². The Hall–Kier alpha value is -0.450. The Morgan fingerprint density at radius 2 is 2.58 bits per heavy atom. The minimum absolute atomic E-state index is 0.182. The molecular formula is C8H16N2O2. The van der Waals surface area contributed by atoms with Crippen molar-refractivity contribution in [2.24, 2.45) is 0 Å². The highest BCUT2D eigenvalue weighted by Gasteiger charge is 2.23. The van der Waals surface area contributed by atoms with Crippen LogP contribution in [0.1, 0.15) is 6.42 Å². The Labute approximate surface area is 72.7 Å². The van der Waals surface area contributed by atoms with Gasteiger partial charge in [-0.3, -0.25) is 0 Å². The molecule has 0 amide bonds. The third-order valence-electron chi connectivity index (χ3n) is 2.17. The van der Waals surface area contributed by atoms with Crippen molar-refractivity contribution in [2.45, 2.75) is 18.6 Å². The van der Waals surface area contributed by atoms with Crippen LogP contribution in [0.15, 0.2) is 0 Å². The summed E-state index contributed by atoms with van der Waals surface area (Å²) < 4.78 is 5.37. The number of ether oxygens (including phenoxy) is 1. The van der Waals surface area contributed by atoms with Gasteiger partial charge in [-0.2, -0.15) is 0 Å². The fraction of sp³-hybridized carbons (Fsp3) is 0.875. The molecule has 0 radical (unpaired) electrons. The third kappa shape index (κ3) is 2.55. The number of aldehydes is 1. The summed E-state index contributed by atoms with van der Waals surface area (Å²) in [5.74, 6) is 0. The van der Waals surface area contributed by atoms with Crippen LogP contribution in [0.5, 0.6) is 0 Å². The van der Waals surface area contributed by atoms with Gasteiger partial charge < -0.3 is 20.2 Å². The maximum Gasteiger partial charge on any atom is 0.145 e. The summed E-state index contributed by atoms with van der Waals surface area (Å²) in [5.41, 5.74) is 0. The Morgan fingerprint density at radius 1 is 1.75 bits per heavy atom. The first-order valence-electron chi connectivity index (χ1n) is 4.31. The Balaban J connectivity index is 2.30. The quantitative estimate of drug-likeness (QED) is 0.542. The minimum atomic E-state index is 0.182. The van der Waals surface area contributed by atoms with E-state index in [0.29, 0.717) is 6.04 Å². The van der Waals surface area contributed by atoms with Crippen molar-refractivity contribution >= 4 is 6.29 Å². The molecule has 70 valence electrons. The van der Waals surface area contributed by atoms with Crippen molar-refractivity contribution in [1.82, 2.24) is 10.6 Å². The van der Waals surface area contributed by atoms with Gasteiger partial charge in [0.15, 0.2) is 0 Å². The Bertz CT molecular complexity index is 141. The van der Waals surface area contributed by atoms with E-state index < -0.39 is 0 Å². The van der Waals surface area contributed by atoms with E-state index in [-0.39, 0.29) is 12.7 Å². The number of hydrogen-bond acceptors (Lipinski definition) is 4. The van der Waals surface area contributed by atoms with Crippen molar-refractivity contribution in [3.63, 3.8) is 0 Å². The minimum Gasteiger partial charge on any atom is -0.369 e. The maximum absolute atomic E-state index is 10.1. The van der Waals surface area contributed by atoms with Crippen molar-refractivity contribution in [2.75, 3.05) is 26.7 Å². The Kier molecular flexibility index (Phi) is 4.21. The van der Waals surface area contributed by atoms with Gasteiger partial charge in [0.2, 0.25) is 0 Å². The molecule has 1 aliphatic rings. The lowest BCUT2D eigenvalue weighted by Crippen LogP contribution is -2.52. The predicted molar refractivity (Wildman–Crippen MR) is 46.1 cm³/mol. The van der Waals surface area contributed by atoms with E-state index >= 15 is 0 Å². The van der Waals surface area contributed by atoms with Crippen LogP contribution in [-0.4, -0.2) is 45.2 Å². The zero-order chi connectivity index (χ0) is 8.81. The SMILES string of the molecule is CN[C@@H]1CNCC[C@@H]1OCC=O. The fourth-order valence-electron chi connectivity index (χ4n) is 1.48. The van der Waals surface area contributed by atoms with Crippen molar-refractivity contribution in [3.8, 4) is 0 Å². The van der Waals surface area contributed by atoms with Crippen LogP contribution in [-0.2, 0) is 9.53 Å². The first kappa shape index (κ1) is 9.64. The van der Waals surface area contributed by atoms with Gasteiger partial charge in [0.25, 0.3) is 0 Å². The molecule has 0 aromatic rings. The van der Waals surface area contributed by atoms with Crippen LogP contribution in [0.4, 0.5) is 0 Å². The highest BCUT2D eigenvalue weighted by Crippen LogP contribution is 2.07. The first-order valence-corrected chi connectivity index (χ1v) is 4.31. The highest BCUT2D eigenvalue weighted by atomic mass is 16.5. The lowest BCUT2D eigenvalue weighted by Gasteiger charge is -2.31. The first-order chi connectivity index (χ1) is 5.88. The second kappa shape index (κ2) is 5.24. The van der Waals surface area contributed by atoms with Gasteiger partial charge in [0.1, 0.15) is 12.9 Å². The number of carbonyl (C=O) groups is 1. The molecule has 0 unspecified atom stereocenters. The van der Waals surface area contributed by atoms with Gasteiger partial charge in [0, 0.05) is 12.6 Å². The molecule has 1 saturated heterocycles. The van der Waals surface area contributed by atoms with Crippen LogP contribution in [0, 0.1) is 0 Å². The molecule has 4 heteroatoms. The monoisotopic (exact) mass is 172 g/mol. The zero-order valence-corrected chi connectivity index (χ0v) is 7.38. The number of rotatable bonds is 4. The van der Waals surface area contributed by atoms with Crippen LogP contribution in [0.3, 0.4) is 0 Å². The van der Waals surface area contributed by atoms with Crippen LogP contribution in [0.2, 0.25) is 0 Å². The molecule has 12 heavy (non-hydrogen) atoms. The molecule has 0 bridgehead atoms. The van der Waals surface area contributed by atoms with E-state index in [1.165, 1.54) is 0 Å². The van der Waals surface area contributed by atoms with Crippen LogP contribution >= 0.6 is 0 Å². The molecule has 2 atom stereocenters. The van der Waals surface area contributed by atoms with Gasteiger partial charge in [0.05, 0.1) is 6.10 Å². The summed E-state index contributed by atoms with van der Waals surface area (Å²) in [4.78, 5) is 10.1. The van der Waals surface area contributed by atoms with Crippen LogP contribution in [0.25, 0.3) is 0 Å². The van der Waals surface area contributed by atoms with Crippen LogP contribution < -0.4 is 10.6 Å². The maximum atomic E-state index is 10.1. The normalized spacial score (nSPS) is 30.1. The molecule has 4 nitrogen and oxygen atoms in total. The molecule has 2 N–H and O–H groups in total. The molecule has 0 spiro atoms. The van der Waals surface area contributed by atoms with Gasteiger partial charge in [-0.15, -0.1) is 0 Å². The molecule has 1 rings (SSSR count). The van der Waals surface area contributed by atoms with Gasteiger partial charge in [-0.05, 0) is 20.0 Å². The van der Waals surface area contributed by atoms with Crippen molar-refractivity contribution in [1.29, 1.82) is 0 Å². The summed E-state index contributed by atoms with van der Waals surface area (Å²) in [5, 5.41) is 6.42. The molecule has 1 aliphatic heterocycles. The van der Waals surface area contributed by atoms with E-state index in [2.05, 4.69) is 10.6 Å². The van der Waals surface area contributed by atoms with E-state index in [4.69, 9.17) is 4.74 Å². The van der Waals surface area contributed by atoms with Gasteiger partial charge >= 0.3 is 0 Å². The standard InChI is InChI=1S/C8H16N2O2/c1-9-7-6-10-3-2-8(7)12-5-4-11/h4,7-10H,2-3,5-6H2,1H3/t7-,8+/m1/s1. The summed E-state index contributed by atoms with van der Waals surface area (Å²) in [7, 11) is 1.91. The summed E-state index contributed by atoms with van der Waals surface area (Å²) in [6.07, 6.45) is 1.95. The average Bonchev–Trinajstić information content (AvgIpc) is 2.15. The summed E-state index contributed by atoms with van der Waals surface area (Å²) >= 11 is 0. The topological polar surface area (TPSA) is 50.4 Å². The summed E-state index contributed by atoms with van der Waals surface area (Å²) in [6, 6.07) is 0.332. The number of nitrogens with one attached hydrogen (secondary N) is 2. The molecule has 0 aliphatic carbocycles. The second-order valence-electron chi connectivity index (χ2n) is 2.93. The molecule has 1 fully saturated rings. The molecule has 0 aromatic carbocycles. The van der Waals surface area contributed by atoms with E-state index in [0.717, 1.165) is 25.8 Å². The highest BCUT2D eigenvalue weighted by molar-refractivity contribution is 5.50. The fourth-order valence-corrected chi connectivity index (χ4v) is 1.48. The lowest BCUT2D eigenvalue weighted by molar-refractivity contribution is -0.114. The smallest absolute Gasteiger partial charge is 0.145 e. The molecule has 0 aromatic heterocycles. The van der Waals surface area contributed by atoms with Gasteiger partial charge in [-0.1, -0.05) is 0 Å². The molecular weight excluding hydrogens is 156 g/mol. The third-order valence-corrected chi connectivity index (χ3v) is 2.17. The molecule has 0 saturated carbocycles. The largest absolute Gasteiger partial charge is 0.369 e. The number of piperidine rings is 1. The molecule has 1 heterocycles. The number of hydrogen-bond donors (Lipinski definition) is 2. The van der Waals surface area contributed by atoms with E-state index in [9.17, 15) is 4.79 Å². The van der Waals surface area contributed by atoms with Crippen molar-refractivity contribution < 1.29 is 9.53 Å².